The summed E-state index contributed by atoms with van der Waals surface area (Å²) in [5.41, 5.74) is 0. The number of phosphoric acid groups is 2. The van der Waals surface area contributed by atoms with E-state index >= 15 is 0 Å². The molecule has 0 spiro atoms. The first kappa shape index (κ1) is 101. The van der Waals surface area contributed by atoms with Crippen molar-refractivity contribution >= 4 is 39.5 Å². The first-order valence-electron chi connectivity index (χ1n) is 40.7. The van der Waals surface area contributed by atoms with Gasteiger partial charge in [0, 0.05) is 25.7 Å². The fraction of sp³-hybridized carbons (Fsp3) is 0.655. The highest BCUT2D eigenvalue weighted by Gasteiger charge is 2.30. The first-order chi connectivity index (χ1) is 51.7. The van der Waals surface area contributed by atoms with Crippen molar-refractivity contribution < 1.29 is 80.2 Å². The number of esters is 4. The van der Waals surface area contributed by atoms with Crippen LogP contribution in [-0.2, 0) is 65.4 Å². The molecule has 0 aliphatic rings. The molecule has 17 nitrogen and oxygen atoms in total. The van der Waals surface area contributed by atoms with Crippen molar-refractivity contribution in [3.8, 4) is 0 Å². The summed E-state index contributed by atoms with van der Waals surface area (Å²) in [5, 5.41) is 10.7. The summed E-state index contributed by atoms with van der Waals surface area (Å²) in [6, 6.07) is 0. The summed E-state index contributed by atoms with van der Waals surface area (Å²) in [4.78, 5) is 73.1. The molecule has 0 aromatic heterocycles. The Bertz CT molecular complexity index is 2630. The van der Waals surface area contributed by atoms with Gasteiger partial charge in [-0.1, -0.05) is 269 Å². The topological polar surface area (TPSA) is 237 Å². The van der Waals surface area contributed by atoms with E-state index in [9.17, 15) is 43.2 Å². The van der Waals surface area contributed by atoms with Gasteiger partial charge in [0.05, 0.1) is 26.4 Å². The molecule has 0 aromatic carbocycles. The third-order valence-electron chi connectivity index (χ3n) is 16.4. The van der Waals surface area contributed by atoms with Gasteiger partial charge in [-0.15, -0.1) is 0 Å². The standard InChI is InChI=1S/C87H144O17P2/c1-5-9-13-17-21-25-29-33-37-39-40-42-46-50-54-58-62-66-70-74-87(92)104-83(78-98-85(90)72-68-64-60-56-52-48-45-41-38-34-30-26-22-18-14-10-6-2)80-102-106(95,96)100-76-81(88)75-99-105(93,94)101-79-82(103-86(91)73-69-65-61-57-53-49-44-36-32-28-24-20-16-12-8-4)77-97-84(89)71-67-63-59-55-51-47-43-35-31-27-23-19-15-11-7-3/h9,13,21-28,33-38,40,42-45,48,50,54,56,60,81-83,88H,5-8,10-12,14-20,29-32,39,41,46-47,49,51-53,55,57-59,61-80H2,1-4H3,(H,93,94)(H,95,96)/b13-9-,25-21-,26-22-,27-23-,28-24-,37-33-,38-34-,42-40-,43-35-,44-36-,48-45-,54-50-,60-56-/t81-,82+,83+/m0/s1. The quantitative estimate of drug-likeness (QED) is 0.0169. The monoisotopic (exact) mass is 1520 g/mol. The van der Waals surface area contributed by atoms with Crippen LogP contribution in [0, 0.1) is 0 Å². The third-order valence-corrected chi connectivity index (χ3v) is 18.3. The minimum atomic E-state index is -5.01. The molecule has 0 fully saturated rings. The molecule has 0 amide bonds. The van der Waals surface area contributed by atoms with Gasteiger partial charge in [0.15, 0.2) is 12.2 Å². The Kier molecular flexibility index (Phi) is 73.9. The summed E-state index contributed by atoms with van der Waals surface area (Å²) in [6.45, 7) is 4.55. The van der Waals surface area contributed by atoms with Crippen LogP contribution in [0.15, 0.2) is 158 Å². The van der Waals surface area contributed by atoms with Gasteiger partial charge in [0.25, 0.3) is 0 Å². The van der Waals surface area contributed by atoms with E-state index in [1.807, 2.05) is 12.2 Å². The van der Waals surface area contributed by atoms with Crippen molar-refractivity contribution in [2.24, 2.45) is 0 Å². The van der Waals surface area contributed by atoms with E-state index < -0.39 is 97.5 Å². The summed E-state index contributed by atoms with van der Waals surface area (Å²) in [7, 11) is -10.0. The van der Waals surface area contributed by atoms with Gasteiger partial charge in [-0.25, -0.2) is 9.13 Å². The van der Waals surface area contributed by atoms with Crippen molar-refractivity contribution in [1.82, 2.24) is 0 Å². The van der Waals surface area contributed by atoms with Crippen LogP contribution in [0.2, 0.25) is 0 Å². The smallest absolute Gasteiger partial charge is 0.462 e. The number of hydrogen-bond acceptors (Lipinski definition) is 15. The van der Waals surface area contributed by atoms with Crippen LogP contribution in [0.1, 0.15) is 310 Å². The average Bonchev–Trinajstić information content (AvgIpc) is 0.902. The molecule has 106 heavy (non-hydrogen) atoms. The van der Waals surface area contributed by atoms with Crippen molar-refractivity contribution in [2.45, 2.75) is 329 Å². The maximum Gasteiger partial charge on any atom is 0.472 e. The predicted molar refractivity (Wildman–Crippen MR) is 436 cm³/mol. The second-order valence-corrected chi connectivity index (χ2v) is 29.5. The summed E-state index contributed by atoms with van der Waals surface area (Å²) < 4.78 is 68.6. The number of aliphatic hydroxyl groups is 1. The number of aliphatic hydroxyl groups excluding tert-OH is 1. The lowest BCUT2D eigenvalue weighted by Crippen LogP contribution is -2.30. The summed E-state index contributed by atoms with van der Waals surface area (Å²) in [6.07, 6.45) is 90.8. The lowest BCUT2D eigenvalue weighted by atomic mass is 10.1. The van der Waals surface area contributed by atoms with Crippen LogP contribution >= 0.6 is 15.6 Å². The van der Waals surface area contributed by atoms with E-state index in [0.29, 0.717) is 32.1 Å². The lowest BCUT2D eigenvalue weighted by molar-refractivity contribution is -0.161. The molecule has 19 heteroatoms. The molecule has 0 aliphatic heterocycles. The fourth-order valence-corrected chi connectivity index (χ4v) is 11.8. The van der Waals surface area contributed by atoms with Gasteiger partial charge in [-0.05, 0) is 173 Å². The van der Waals surface area contributed by atoms with Gasteiger partial charge in [-0.3, -0.25) is 37.3 Å². The van der Waals surface area contributed by atoms with Crippen LogP contribution in [-0.4, -0.2) is 96.7 Å². The Morgan fingerprint density at radius 2 is 0.500 bits per heavy atom. The van der Waals surface area contributed by atoms with Crippen LogP contribution in [0.5, 0.6) is 0 Å². The zero-order valence-corrected chi connectivity index (χ0v) is 67.8. The van der Waals surface area contributed by atoms with Crippen molar-refractivity contribution in [2.75, 3.05) is 39.6 Å². The number of carbonyl (C=O) groups excluding carboxylic acids is 4. The third kappa shape index (κ3) is 76.9. The van der Waals surface area contributed by atoms with Gasteiger partial charge < -0.3 is 33.8 Å². The molecular weight excluding hydrogens is 1380 g/mol. The average molecular weight is 1520 g/mol. The molecule has 0 saturated carbocycles. The molecule has 0 rings (SSSR count). The second kappa shape index (κ2) is 77.8. The number of unbranched alkanes of at least 4 members (excludes halogenated alkanes) is 23. The second-order valence-electron chi connectivity index (χ2n) is 26.6. The molecule has 0 aliphatic carbocycles. The molecule has 5 atom stereocenters. The summed E-state index contributed by atoms with van der Waals surface area (Å²) in [5.74, 6) is -2.31. The van der Waals surface area contributed by atoms with E-state index in [-0.39, 0.29) is 25.7 Å². The number of hydrogen-bond donors (Lipinski definition) is 3. The molecule has 2 unspecified atom stereocenters. The normalized spacial score (nSPS) is 14.7. The Balaban J connectivity index is 5.49. The van der Waals surface area contributed by atoms with E-state index in [4.69, 9.17) is 37.0 Å². The number of allylic oxidation sites excluding steroid dienone is 26. The Labute approximate surface area is 642 Å². The molecule has 0 bridgehead atoms. The highest BCUT2D eigenvalue weighted by Crippen LogP contribution is 2.45. The maximum atomic E-state index is 13.1. The van der Waals surface area contributed by atoms with Crippen molar-refractivity contribution in [3.05, 3.63) is 158 Å². The van der Waals surface area contributed by atoms with Gasteiger partial charge >= 0.3 is 39.5 Å². The highest BCUT2D eigenvalue weighted by molar-refractivity contribution is 7.47. The lowest BCUT2D eigenvalue weighted by Gasteiger charge is -2.21. The molecule has 3 N–H and O–H groups in total. The molecular formula is C87H144O17P2. The zero-order chi connectivity index (χ0) is 77.4. The fourth-order valence-electron chi connectivity index (χ4n) is 10.2. The maximum absolute atomic E-state index is 13.1. The minimum Gasteiger partial charge on any atom is -0.462 e. The van der Waals surface area contributed by atoms with Crippen LogP contribution in [0.4, 0.5) is 0 Å². The summed E-state index contributed by atoms with van der Waals surface area (Å²) >= 11 is 0. The van der Waals surface area contributed by atoms with Crippen LogP contribution in [0.25, 0.3) is 0 Å². The van der Waals surface area contributed by atoms with E-state index in [1.54, 1.807) is 0 Å². The molecule has 0 heterocycles. The molecule has 0 saturated heterocycles. The van der Waals surface area contributed by atoms with Gasteiger partial charge in [-0.2, -0.15) is 0 Å². The Morgan fingerprint density at radius 1 is 0.274 bits per heavy atom. The van der Waals surface area contributed by atoms with Gasteiger partial charge in [0.1, 0.15) is 19.3 Å². The highest BCUT2D eigenvalue weighted by atomic mass is 31.2. The Hall–Kier alpha value is -5.32. The predicted octanol–water partition coefficient (Wildman–Crippen LogP) is 24.0. The molecule has 604 valence electrons. The van der Waals surface area contributed by atoms with Crippen molar-refractivity contribution in [1.29, 1.82) is 0 Å². The number of ether oxygens (including phenoxy) is 4. The number of phosphoric ester groups is 2. The minimum absolute atomic E-state index is 0.0382. The largest absolute Gasteiger partial charge is 0.472 e. The van der Waals surface area contributed by atoms with E-state index in [1.165, 1.54) is 57.8 Å². The number of carbonyl (C=O) groups is 4. The van der Waals surface area contributed by atoms with Crippen LogP contribution < -0.4 is 0 Å². The van der Waals surface area contributed by atoms with Crippen LogP contribution in [0.3, 0.4) is 0 Å². The van der Waals surface area contributed by atoms with E-state index in [2.05, 4.69) is 174 Å². The molecule has 0 aromatic rings. The van der Waals surface area contributed by atoms with E-state index in [0.717, 1.165) is 167 Å². The molecule has 0 radical (unpaired) electrons. The van der Waals surface area contributed by atoms with Gasteiger partial charge in [0.2, 0.25) is 0 Å². The number of rotatable bonds is 75. The first-order valence-corrected chi connectivity index (χ1v) is 43.7. The zero-order valence-electron chi connectivity index (χ0n) is 66.1. The Morgan fingerprint density at radius 3 is 0.802 bits per heavy atom. The SMILES string of the molecule is CC/C=C\C/C=C\C/C=C\C/C=C\C/C=C\CCCCCC(=O)O[C@H](COC(=O)CCC/C=C\C/C=C\C/C=C\C/C=C\CCCCC)COP(=O)(O)OC[C@@H](O)COP(=O)(O)OC[C@@H](COC(=O)CCCCCCC/C=C\C/C=C\CCCCC)OC(=O)CCCCCCC/C=C\C/C=C\CCCCC. The van der Waals surface area contributed by atoms with Crippen molar-refractivity contribution in [3.63, 3.8) is 0 Å².